The molecule has 2 aromatic heterocycles. The SMILES string of the molecule is COC(=O)c1cc2cc(C)nc(N[C@@H]3CCc4cc(F)c(F)cc43)c2s1. The number of pyridine rings is 1. The number of fused-ring (bicyclic) bond motifs is 2. The summed E-state index contributed by atoms with van der Waals surface area (Å²) in [6.07, 6.45) is 1.40. The molecule has 1 aliphatic rings. The first-order valence-electron chi connectivity index (χ1n) is 8.20. The van der Waals surface area contributed by atoms with Gasteiger partial charge in [0.2, 0.25) is 0 Å². The number of hydrogen-bond donors (Lipinski definition) is 1. The fourth-order valence-corrected chi connectivity index (χ4v) is 4.40. The number of thiophene rings is 1. The molecule has 26 heavy (non-hydrogen) atoms. The first-order chi connectivity index (χ1) is 12.5. The normalized spacial score (nSPS) is 15.9. The van der Waals surface area contributed by atoms with E-state index in [0.717, 1.165) is 33.3 Å². The molecule has 4 nitrogen and oxygen atoms in total. The van der Waals surface area contributed by atoms with Crippen molar-refractivity contribution < 1.29 is 18.3 Å². The molecule has 2 heterocycles. The van der Waals surface area contributed by atoms with Crippen LogP contribution in [0, 0.1) is 18.6 Å². The van der Waals surface area contributed by atoms with Crippen LogP contribution in [0.25, 0.3) is 10.1 Å². The van der Waals surface area contributed by atoms with Crippen molar-refractivity contribution in [3.63, 3.8) is 0 Å². The molecule has 134 valence electrons. The van der Waals surface area contributed by atoms with Crippen molar-refractivity contribution >= 4 is 33.2 Å². The number of nitrogens with one attached hydrogen (secondary N) is 1. The Morgan fingerprint density at radius 3 is 2.81 bits per heavy atom. The largest absolute Gasteiger partial charge is 0.465 e. The zero-order valence-electron chi connectivity index (χ0n) is 14.2. The minimum atomic E-state index is -0.844. The fraction of sp³-hybridized carbons (Fsp3) is 0.263. The summed E-state index contributed by atoms with van der Waals surface area (Å²) in [5.74, 6) is -1.41. The first-order valence-corrected chi connectivity index (χ1v) is 9.01. The lowest BCUT2D eigenvalue weighted by atomic mass is 10.1. The van der Waals surface area contributed by atoms with Gasteiger partial charge in [-0.15, -0.1) is 11.3 Å². The number of halogens is 2. The predicted octanol–water partition coefficient (Wildman–Crippen LogP) is 4.77. The van der Waals surface area contributed by atoms with Gasteiger partial charge in [-0.05, 0) is 60.5 Å². The van der Waals surface area contributed by atoms with Crippen molar-refractivity contribution in [2.45, 2.75) is 25.8 Å². The van der Waals surface area contributed by atoms with Gasteiger partial charge < -0.3 is 10.1 Å². The van der Waals surface area contributed by atoms with Gasteiger partial charge in [0.1, 0.15) is 10.7 Å². The van der Waals surface area contributed by atoms with Crippen LogP contribution in [0.4, 0.5) is 14.6 Å². The van der Waals surface area contributed by atoms with Gasteiger partial charge in [0.15, 0.2) is 11.6 Å². The molecule has 0 saturated heterocycles. The average Bonchev–Trinajstić information content (AvgIpc) is 3.19. The number of esters is 1. The van der Waals surface area contributed by atoms with Gasteiger partial charge in [-0.1, -0.05) is 0 Å². The number of hydrogen-bond acceptors (Lipinski definition) is 5. The van der Waals surface area contributed by atoms with E-state index in [4.69, 9.17) is 4.74 Å². The highest BCUT2D eigenvalue weighted by molar-refractivity contribution is 7.21. The Bertz CT molecular complexity index is 1030. The van der Waals surface area contributed by atoms with Crippen LogP contribution in [-0.2, 0) is 11.2 Å². The van der Waals surface area contributed by atoms with Crippen LogP contribution in [0.5, 0.6) is 0 Å². The molecule has 1 N–H and O–H groups in total. The standard InChI is InChI=1S/C19H16F2N2O2S/c1-9-5-11-7-16(19(24)25-2)26-17(11)18(22-9)23-15-4-3-10-6-13(20)14(21)8-12(10)15/h5-8,15H,3-4H2,1-2H3,(H,22,23)/t15-/m1/s1. The van der Waals surface area contributed by atoms with Crippen molar-refractivity contribution in [3.05, 3.63) is 57.6 Å². The quantitative estimate of drug-likeness (QED) is 0.671. The lowest BCUT2D eigenvalue weighted by Gasteiger charge is -2.16. The van der Waals surface area contributed by atoms with Crippen molar-refractivity contribution in [2.24, 2.45) is 0 Å². The number of nitrogens with zero attached hydrogens (tertiary/aromatic N) is 1. The Morgan fingerprint density at radius 2 is 2.04 bits per heavy atom. The zero-order valence-corrected chi connectivity index (χ0v) is 15.0. The fourth-order valence-electron chi connectivity index (χ4n) is 3.40. The van der Waals surface area contributed by atoms with E-state index in [0.29, 0.717) is 17.1 Å². The summed E-state index contributed by atoms with van der Waals surface area (Å²) in [5, 5.41) is 4.25. The molecular formula is C19H16F2N2O2S. The molecule has 0 radical (unpaired) electrons. The van der Waals surface area contributed by atoms with Crippen molar-refractivity contribution in [2.75, 3.05) is 12.4 Å². The molecule has 0 spiro atoms. The third kappa shape index (κ3) is 2.82. The Hall–Kier alpha value is -2.54. The lowest BCUT2D eigenvalue weighted by Crippen LogP contribution is -2.09. The van der Waals surface area contributed by atoms with Gasteiger partial charge in [-0.3, -0.25) is 0 Å². The van der Waals surface area contributed by atoms with E-state index in [1.54, 1.807) is 6.07 Å². The number of rotatable bonds is 3. The number of benzene rings is 1. The van der Waals surface area contributed by atoms with E-state index < -0.39 is 17.6 Å². The Kier molecular flexibility index (Phi) is 4.11. The van der Waals surface area contributed by atoms with E-state index in [1.807, 2.05) is 13.0 Å². The molecule has 0 fully saturated rings. The molecule has 1 atom stereocenters. The summed E-state index contributed by atoms with van der Waals surface area (Å²) < 4.78 is 32.8. The number of carbonyl (C=O) groups excluding carboxylic acids is 1. The molecule has 3 aromatic rings. The second-order valence-electron chi connectivity index (χ2n) is 6.33. The molecule has 0 saturated carbocycles. The minimum Gasteiger partial charge on any atom is -0.465 e. The predicted molar refractivity (Wildman–Crippen MR) is 96.7 cm³/mol. The van der Waals surface area contributed by atoms with Gasteiger partial charge in [-0.25, -0.2) is 18.6 Å². The molecule has 1 aromatic carbocycles. The van der Waals surface area contributed by atoms with Gasteiger partial charge in [-0.2, -0.15) is 0 Å². The number of carbonyl (C=O) groups is 1. The maximum atomic E-state index is 13.7. The first kappa shape index (κ1) is 16.9. The molecule has 7 heteroatoms. The Labute approximate surface area is 152 Å². The smallest absolute Gasteiger partial charge is 0.348 e. The number of anilines is 1. The van der Waals surface area contributed by atoms with Crippen LogP contribution >= 0.6 is 11.3 Å². The molecule has 0 unspecified atom stereocenters. The molecule has 0 aliphatic heterocycles. The second-order valence-corrected chi connectivity index (χ2v) is 7.39. The van der Waals surface area contributed by atoms with E-state index in [1.165, 1.54) is 30.6 Å². The molecule has 4 rings (SSSR count). The zero-order chi connectivity index (χ0) is 18.4. The van der Waals surface area contributed by atoms with Crippen molar-refractivity contribution in [1.29, 1.82) is 0 Å². The van der Waals surface area contributed by atoms with E-state index in [2.05, 4.69) is 10.3 Å². The summed E-state index contributed by atoms with van der Waals surface area (Å²) in [6, 6.07) is 6.06. The van der Waals surface area contributed by atoms with Crippen LogP contribution in [-0.4, -0.2) is 18.1 Å². The highest BCUT2D eigenvalue weighted by atomic mass is 32.1. The second kappa shape index (κ2) is 6.32. The lowest BCUT2D eigenvalue weighted by molar-refractivity contribution is 0.0606. The van der Waals surface area contributed by atoms with E-state index >= 15 is 0 Å². The maximum absolute atomic E-state index is 13.7. The van der Waals surface area contributed by atoms with Crippen LogP contribution in [0.1, 0.15) is 39.0 Å². The van der Waals surface area contributed by atoms with Gasteiger partial charge >= 0.3 is 5.97 Å². The molecule has 0 bridgehead atoms. The summed E-state index contributed by atoms with van der Waals surface area (Å²) >= 11 is 1.30. The Morgan fingerprint density at radius 1 is 1.27 bits per heavy atom. The number of methoxy groups -OCH3 is 1. The van der Waals surface area contributed by atoms with Gasteiger partial charge in [0.05, 0.1) is 17.9 Å². The summed E-state index contributed by atoms with van der Waals surface area (Å²) in [6.45, 7) is 1.87. The summed E-state index contributed by atoms with van der Waals surface area (Å²) in [7, 11) is 1.35. The van der Waals surface area contributed by atoms with Gasteiger partial charge in [0.25, 0.3) is 0 Å². The highest BCUT2D eigenvalue weighted by Crippen LogP contribution is 2.38. The third-order valence-corrected chi connectivity index (χ3v) is 5.72. The van der Waals surface area contributed by atoms with Gasteiger partial charge in [0, 0.05) is 5.69 Å². The number of ether oxygens (including phenoxy) is 1. The van der Waals surface area contributed by atoms with Crippen LogP contribution in [0.3, 0.4) is 0 Å². The van der Waals surface area contributed by atoms with Crippen molar-refractivity contribution in [3.8, 4) is 0 Å². The maximum Gasteiger partial charge on any atom is 0.348 e. The summed E-state index contributed by atoms with van der Waals surface area (Å²) in [5.41, 5.74) is 2.37. The van der Waals surface area contributed by atoms with E-state index in [-0.39, 0.29) is 6.04 Å². The van der Waals surface area contributed by atoms with Crippen LogP contribution < -0.4 is 5.32 Å². The molecule has 1 aliphatic carbocycles. The highest BCUT2D eigenvalue weighted by Gasteiger charge is 2.26. The minimum absolute atomic E-state index is 0.152. The molecule has 0 amide bonds. The summed E-state index contributed by atoms with van der Waals surface area (Å²) in [4.78, 5) is 16.9. The van der Waals surface area contributed by atoms with E-state index in [9.17, 15) is 13.6 Å². The third-order valence-electron chi connectivity index (χ3n) is 4.59. The molecular weight excluding hydrogens is 358 g/mol. The monoisotopic (exact) mass is 374 g/mol. The van der Waals surface area contributed by atoms with Crippen LogP contribution in [0.15, 0.2) is 24.3 Å². The number of aromatic nitrogens is 1. The average molecular weight is 374 g/mol. The topological polar surface area (TPSA) is 51.2 Å². The van der Waals surface area contributed by atoms with Crippen molar-refractivity contribution in [1.82, 2.24) is 4.98 Å². The Balaban J connectivity index is 1.74. The van der Waals surface area contributed by atoms with Crippen LogP contribution in [0.2, 0.25) is 0 Å². The number of aryl methyl sites for hydroxylation is 2.